The van der Waals surface area contributed by atoms with Gasteiger partial charge in [0.25, 0.3) is 0 Å². The third-order valence-electron chi connectivity index (χ3n) is 10.8. The average Bonchev–Trinajstić information content (AvgIpc) is 2.95. The number of hydrogen-bond acceptors (Lipinski definition) is 4. The van der Waals surface area contributed by atoms with Gasteiger partial charge in [-0.2, -0.15) is 0 Å². The minimum atomic E-state index is 0.0516. The van der Waals surface area contributed by atoms with Crippen LogP contribution in [0.15, 0.2) is 61.0 Å². The lowest BCUT2D eigenvalue weighted by atomic mass is 9.72. The zero-order chi connectivity index (χ0) is 32.7. The summed E-state index contributed by atoms with van der Waals surface area (Å²) in [6.45, 7) is 34.0. The van der Waals surface area contributed by atoms with E-state index in [9.17, 15) is 0 Å². The Hall–Kier alpha value is -2.88. The second kappa shape index (κ2) is 13.1. The summed E-state index contributed by atoms with van der Waals surface area (Å²) in [5, 5.41) is 7.74. The van der Waals surface area contributed by atoms with Crippen LogP contribution >= 0.6 is 0 Å². The maximum absolute atomic E-state index is 4.42. The number of allylic oxidation sites excluding steroid dienone is 2. The molecule has 1 fully saturated rings. The van der Waals surface area contributed by atoms with Crippen LogP contribution in [0.4, 0.5) is 11.4 Å². The van der Waals surface area contributed by atoms with Crippen molar-refractivity contribution < 1.29 is 0 Å². The fourth-order valence-corrected chi connectivity index (χ4v) is 8.22. The highest BCUT2D eigenvalue weighted by molar-refractivity contribution is 5.62. The van der Waals surface area contributed by atoms with Gasteiger partial charge in [0.2, 0.25) is 0 Å². The highest BCUT2D eigenvalue weighted by Gasteiger charge is 2.34. The molecule has 4 heteroatoms. The van der Waals surface area contributed by atoms with Crippen molar-refractivity contribution in [2.24, 2.45) is 28.6 Å². The molecule has 45 heavy (non-hydrogen) atoms. The third kappa shape index (κ3) is 7.58. The Morgan fingerprint density at radius 1 is 0.778 bits per heavy atom. The number of nitrogens with zero attached hydrogens (tertiary/aromatic N) is 2. The topological polar surface area (TPSA) is 30.5 Å². The van der Waals surface area contributed by atoms with Crippen LogP contribution in [0, 0.1) is 28.6 Å². The molecule has 0 aromatic heterocycles. The van der Waals surface area contributed by atoms with Crippen molar-refractivity contribution in [1.82, 2.24) is 10.6 Å². The van der Waals surface area contributed by atoms with Crippen LogP contribution in [-0.2, 0) is 12.8 Å². The second-order valence-electron chi connectivity index (χ2n) is 16.9. The molecule has 4 nitrogen and oxygen atoms in total. The highest BCUT2D eigenvalue weighted by atomic mass is 15.3. The standard InChI is InChI=1S/C41H62N4/c1-27(2)30(5)42-37-26-41(10,11)25-29(4)23-35-33(37)15-13-17-39(35)45-20-18-44(19-21-45)38-16-12-14-32-34(38)22-28(3)24-36(32)43-31(6)40(7,8)9/h12-17,27-29,36-37,42-43H,5-6,18-26H2,1-4,7-11H3. The first-order valence-electron chi connectivity index (χ1n) is 17.8. The Morgan fingerprint density at radius 2 is 1.29 bits per heavy atom. The Labute approximate surface area is 275 Å². The van der Waals surface area contributed by atoms with Crippen molar-refractivity contribution >= 4 is 11.4 Å². The average molecular weight is 611 g/mol. The number of hydrogen-bond donors (Lipinski definition) is 2. The van der Waals surface area contributed by atoms with Gasteiger partial charge < -0.3 is 20.4 Å². The van der Waals surface area contributed by atoms with Gasteiger partial charge in [-0.25, -0.2) is 0 Å². The monoisotopic (exact) mass is 610 g/mol. The van der Waals surface area contributed by atoms with E-state index in [0.29, 0.717) is 29.8 Å². The molecule has 0 amide bonds. The molecule has 2 aliphatic carbocycles. The maximum atomic E-state index is 4.42. The van der Waals surface area contributed by atoms with Gasteiger partial charge in [0.15, 0.2) is 0 Å². The van der Waals surface area contributed by atoms with Gasteiger partial charge in [0, 0.05) is 54.4 Å². The van der Waals surface area contributed by atoms with E-state index in [2.05, 4.69) is 132 Å². The van der Waals surface area contributed by atoms with E-state index >= 15 is 0 Å². The molecule has 0 spiro atoms. The lowest BCUT2D eigenvalue weighted by Crippen LogP contribution is -2.47. The summed E-state index contributed by atoms with van der Waals surface area (Å²) < 4.78 is 0. The Morgan fingerprint density at radius 3 is 1.80 bits per heavy atom. The van der Waals surface area contributed by atoms with Gasteiger partial charge in [0.1, 0.15) is 0 Å². The summed E-state index contributed by atoms with van der Waals surface area (Å²) in [4.78, 5) is 5.34. The van der Waals surface area contributed by atoms with Crippen LogP contribution in [0.1, 0.15) is 116 Å². The molecule has 1 aliphatic heterocycles. The van der Waals surface area contributed by atoms with Crippen LogP contribution in [0.2, 0.25) is 0 Å². The number of anilines is 2. The Kier molecular flexibility index (Phi) is 9.74. The predicted molar refractivity (Wildman–Crippen MR) is 195 cm³/mol. The first-order chi connectivity index (χ1) is 21.1. The van der Waals surface area contributed by atoms with E-state index in [1.54, 1.807) is 11.1 Å². The van der Waals surface area contributed by atoms with Gasteiger partial charge in [0.05, 0.1) is 12.1 Å². The first-order valence-corrected chi connectivity index (χ1v) is 17.8. The summed E-state index contributed by atoms with van der Waals surface area (Å²) in [5.41, 5.74) is 11.6. The summed E-state index contributed by atoms with van der Waals surface area (Å²) in [6.07, 6.45) is 5.83. The molecule has 1 heterocycles. The fraction of sp³-hybridized carbons (Fsp3) is 0.610. The van der Waals surface area contributed by atoms with Crippen LogP contribution < -0.4 is 20.4 Å². The summed E-state index contributed by atoms with van der Waals surface area (Å²) in [7, 11) is 0. The van der Waals surface area contributed by atoms with Gasteiger partial charge in [-0.3, -0.25) is 0 Å². The van der Waals surface area contributed by atoms with Crippen molar-refractivity contribution in [3.63, 3.8) is 0 Å². The summed E-state index contributed by atoms with van der Waals surface area (Å²) in [6, 6.07) is 14.7. The SMILES string of the molecule is C=C(NC1CC(C)(C)CC(C)Cc2c1cccc2N1CCN(c2cccc3c2CC(C)CC3NC(=C)C(C)(C)C)CC1)C(C)C. The van der Waals surface area contributed by atoms with E-state index in [-0.39, 0.29) is 10.8 Å². The molecule has 2 aromatic rings. The molecule has 1 saturated heterocycles. The minimum absolute atomic E-state index is 0.0516. The fourth-order valence-electron chi connectivity index (χ4n) is 8.22. The summed E-state index contributed by atoms with van der Waals surface area (Å²) >= 11 is 0. The molecule has 2 aromatic carbocycles. The van der Waals surface area contributed by atoms with Crippen molar-refractivity contribution in [3.05, 3.63) is 83.2 Å². The lowest BCUT2D eigenvalue weighted by molar-refractivity contribution is 0.218. The number of nitrogens with one attached hydrogen (secondary N) is 2. The minimum Gasteiger partial charge on any atom is -0.382 e. The maximum Gasteiger partial charge on any atom is 0.0519 e. The molecule has 3 aliphatic rings. The van der Waals surface area contributed by atoms with Crippen LogP contribution in [0.25, 0.3) is 0 Å². The van der Waals surface area contributed by atoms with Crippen molar-refractivity contribution in [2.75, 3.05) is 36.0 Å². The Balaban J connectivity index is 1.38. The van der Waals surface area contributed by atoms with Crippen LogP contribution in [-0.4, -0.2) is 26.2 Å². The van der Waals surface area contributed by atoms with E-state index in [1.165, 1.54) is 28.9 Å². The molecular weight excluding hydrogens is 548 g/mol. The van der Waals surface area contributed by atoms with E-state index in [0.717, 1.165) is 63.3 Å². The highest BCUT2D eigenvalue weighted by Crippen LogP contribution is 2.44. The quantitative estimate of drug-likeness (QED) is 0.327. The van der Waals surface area contributed by atoms with Gasteiger partial charge >= 0.3 is 0 Å². The number of piperazine rings is 1. The molecule has 4 atom stereocenters. The largest absolute Gasteiger partial charge is 0.382 e. The van der Waals surface area contributed by atoms with Gasteiger partial charge in [-0.15, -0.1) is 0 Å². The Bertz CT molecular complexity index is 1370. The van der Waals surface area contributed by atoms with Gasteiger partial charge in [-0.1, -0.05) is 99.7 Å². The van der Waals surface area contributed by atoms with Crippen molar-refractivity contribution in [1.29, 1.82) is 0 Å². The normalized spacial score (nSPS) is 25.1. The molecule has 246 valence electrons. The molecule has 4 unspecified atom stereocenters. The van der Waals surface area contributed by atoms with Crippen molar-refractivity contribution in [3.8, 4) is 0 Å². The molecule has 2 N–H and O–H groups in total. The van der Waals surface area contributed by atoms with Crippen molar-refractivity contribution in [2.45, 2.75) is 107 Å². The number of fused-ring (bicyclic) bond motifs is 2. The van der Waals surface area contributed by atoms with Crippen LogP contribution in [0.5, 0.6) is 0 Å². The molecule has 0 saturated carbocycles. The summed E-state index contributed by atoms with van der Waals surface area (Å²) in [5.74, 6) is 1.73. The predicted octanol–water partition coefficient (Wildman–Crippen LogP) is 9.59. The molecule has 5 rings (SSSR count). The van der Waals surface area contributed by atoms with Gasteiger partial charge in [-0.05, 0) is 89.7 Å². The van der Waals surface area contributed by atoms with Crippen LogP contribution in [0.3, 0.4) is 0 Å². The smallest absolute Gasteiger partial charge is 0.0519 e. The second-order valence-corrected chi connectivity index (χ2v) is 16.9. The molecular formula is C41H62N4. The van der Waals surface area contributed by atoms with E-state index in [4.69, 9.17) is 0 Å². The van der Waals surface area contributed by atoms with E-state index < -0.39 is 0 Å². The lowest BCUT2D eigenvalue weighted by Gasteiger charge is -2.43. The first kappa shape index (κ1) is 33.5. The third-order valence-corrected chi connectivity index (χ3v) is 10.8. The molecule has 0 radical (unpaired) electrons. The zero-order valence-electron chi connectivity index (χ0n) is 30.0. The zero-order valence-corrected chi connectivity index (χ0v) is 30.0. The van der Waals surface area contributed by atoms with E-state index in [1.807, 2.05) is 0 Å². The number of benzene rings is 2. The number of rotatable bonds is 7. The molecule has 0 bridgehead atoms.